The van der Waals surface area contributed by atoms with Crippen molar-refractivity contribution in [3.8, 4) is 17.2 Å². The second kappa shape index (κ2) is 6.09. The van der Waals surface area contributed by atoms with Crippen molar-refractivity contribution in [3.05, 3.63) is 42.0 Å². The van der Waals surface area contributed by atoms with E-state index in [2.05, 4.69) is 11.2 Å². The lowest BCUT2D eigenvalue weighted by Gasteiger charge is -2.21. The molecule has 0 amide bonds. The van der Waals surface area contributed by atoms with Gasteiger partial charge in [0.1, 0.15) is 5.82 Å². The SMILES string of the molecule is N#CCc1ccc(F)c(-c2cnn(C3CCCCC3)c2)c1. The quantitative estimate of drug-likeness (QED) is 0.844. The van der Waals surface area contributed by atoms with Gasteiger partial charge in [-0.15, -0.1) is 0 Å². The predicted octanol–water partition coefficient (Wildman–Crippen LogP) is 4.26. The number of halogens is 1. The van der Waals surface area contributed by atoms with Gasteiger partial charge in [0.15, 0.2) is 0 Å². The number of nitriles is 1. The average Bonchev–Trinajstić information content (AvgIpc) is 3.00. The van der Waals surface area contributed by atoms with Gasteiger partial charge in [0, 0.05) is 17.3 Å². The van der Waals surface area contributed by atoms with E-state index in [0.717, 1.165) is 24.0 Å². The first-order valence-electron chi connectivity index (χ1n) is 7.48. The first-order valence-corrected chi connectivity index (χ1v) is 7.48. The molecule has 0 bridgehead atoms. The summed E-state index contributed by atoms with van der Waals surface area (Å²) in [6.07, 6.45) is 10.0. The maximum absolute atomic E-state index is 14.0. The Bertz CT molecular complexity index is 663. The summed E-state index contributed by atoms with van der Waals surface area (Å²) in [6.45, 7) is 0. The fourth-order valence-electron chi connectivity index (χ4n) is 3.02. The Morgan fingerprint density at radius 2 is 2.10 bits per heavy atom. The zero-order chi connectivity index (χ0) is 14.7. The van der Waals surface area contributed by atoms with Crippen molar-refractivity contribution in [2.45, 2.75) is 44.6 Å². The summed E-state index contributed by atoms with van der Waals surface area (Å²) in [6, 6.07) is 7.38. The highest BCUT2D eigenvalue weighted by atomic mass is 19.1. The lowest BCUT2D eigenvalue weighted by Crippen LogP contribution is -2.12. The van der Waals surface area contributed by atoms with Crippen LogP contribution in [-0.2, 0) is 6.42 Å². The van der Waals surface area contributed by atoms with Gasteiger partial charge < -0.3 is 0 Å². The fraction of sp³-hybridized carbons (Fsp3) is 0.412. The molecule has 1 aromatic carbocycles. The molecule has 1 saturated carbocycles. The monoisotopic (exact) mass is 283 g/mol. The highest BCUT2D eigenvalue weighted by Crippen LogP contribution is 2.30. The molecule has 1 aliphatic carbocycles. The largest absolute Gasteiger partial charge is 0.269 e. The topological polar surface area (TPSA) is 41.6 Å². The minimum absolute atomic E-state index is 0.264. The number of aromatic nitrogens is 2. The summed E-state index contributed by atoms with van der Waals surface area (Å²) in [5.41, 5.74) is 2.15. The van der Waals surface area contributed by atoms with Crippen molar-refractivity contribution in [3.63, 3.8) is 0 Å². The number of benzene rings is 1. The smallest absolute Gasteiger partial charge is 0.131 e. The van der Waals surface area contributed by atoms with Crippen LogP contribution < -0.4 is 0 Å². The zero-order valence-corrected chi connectivity index (χ0v) is 11.9. The second-order valence-corrected chi connectivity index (χ2v) is 5.65. The van der Waals surface area contributed by atoms with Crippen LogP contribution >= 0.6 is 0 Å². The molecule has 1 aliphatic rings. The summed E-state index contributed by atoms with van der Waals surface area (Å²) < 4.78 is 16.0. The van der Waals surface area contributed by atoms with Crippen molar-refractivity contribution in [2.75, 3.05) is 0 Å². The molecule has 21 heavy (non-hydrogen) atoms. The fourth-order valence-corrected chi connectivity index (χ4v) is 3.02. The molecule has 1 aromatic heterocycles. The molecule has 2 aromatic rings. The van der Waals surface area contributed by atoms with Crippen molar-refractivity contribution >= 4 is 0 Å². The minimum Gasteiger partial charge on any atom is -0.269 e. The van der Waals surface area contributed by atoms with Gasteiger partial charge in [-0.3, -0.25) is 4.68 Å². The van der Waals surface area contributed by atoms with Crippen LogP contribution in [0.25, 0.3) is 11.1 Å². The normalized spacial score (nSPS) is 15.8. The van der Waals surface area contributed by atoms with Crippen LogP contribution in [0.4, 0.5) is 4.39 Å². The molecule has 3 rings (SSSR count). The summed E-state index contributed by atoms with van der Waals surface area (Å²) in [5, 5.41) is 13.2. The minimum atomic E-state index is -0.264. The molecule has 0 aliphatic heterocycles. The maximum Gasteiger partial charge on any atom is 0.131 e. The van der Waals surface area contributed by atoms with Crippen LogP contribution in [0, 0.1) is 17.1 Å². The molecule has 0 radical (unpaired) electrons. The van der Waals surface area contributed by atoms with Crippen molar-refractivity contribution in [1.82, 2.24) is 9.78 Å². The molecule has 0 atom stereocenters. The van der Waals surface area contributed by atoms with Gasteiger partial charge >= 0.3 is 0 Å². The van der Waals surface area contributed by atoms with Crippen LogP contribution in [0.5, 0.6) is 0 Å². The van der Waals surface area contributed by atoms with E-state index in [1.807, 2.05) is 10.9 Å². The van der Waals surface area contributed by atoms with E-state index in [1.54, 1.807) is 18.3 Å². The molecule has 108 valence electrons. The summed E-state index contributed by atoms with van der Waals surface area (Å²) in [4.78, 5) is 0. The Morgan fingerprint density at radius 3 is 2.86 bits per heavy atom. The van der Waals surface area contributed by atoms with Gasteiger partial charge in [-0.2, -0.15) is 10.4 Å². The average molecular weight is 283 g/mol. The predicted molar refractivity (Wildman–Crippen MR) is 79.1 cm³/mol. The highest BCUT2D eigenvalue weighted by Gasteiger charge is 2.17. The Kier molecular flexibility index (Phi) is 4.01. The van der Waals surface area contributed by atoms with Gasteiger partial charge in [-0.05, 0) is 30.5 Å². The molecule has 1 fully saturated rings. The van der Waals surface area contributed by atoms with E-state index in [0.29, 0.717) is 18.0 Å². The molecular weight excluding hydrogens is 265 g/mol. The summed E-state index contributed by atoms with van der Waals surface area (Å²) in [5.74, 6) is -0.264. The third-order valence-electron chi connectivity index (χ3n) is 4.18. The van der Waals surface area contributed by atoms with Gasteiger partial charge in [-0.1, -0.05) is 25.3 Å². The third-order valence-corrected chi connectivity index (χ3v) is 4.18. The number of hydrogen-bond acceptors (Lipinski definition) is 2. The van der Waals surface area contributed by atoms with E-state index in [1.165, 1.54) is 25.3 Å². The zero-order valence-electron chi connectivity index (χ0n) is 11.9. The number of hydrogen-bond donors (Lipinski definition) is 0. The lowest BCUT2D eigenvalue weighted by atomic mass is 9.96. The van der Waals surface area contributed by atoms with Gasteiger partial charge in [0.05, 0.1) is 24.7 Å². The molecular formula is C17H18FN3. The van der Waals surface area contributed by atoms with Gasteiger partial charge in [-0.25, -0.2) is 4.39 Å². The molecule has 0 unspecified atom stereocenters. The Morgan fingerprint density at radius 1 is 1.29 bits per heavy atom. The van der Waals surface area contributed by atoms with Crippen LogP contribution in [0.15, 0.2) is 30.6 Å². The first kappa shape index (κ1) is 13.8. The molecule has 3 nitrogen and oxygen atoms in total. The van der Waals surface area contributed by atoms with Crippen LogP contribution in [0.2, 0.25) is 0 Å². The summed E-state index contributed by atoms with van der Waals surface area (Å²) in [7, 11) is 0. The van der Waals surface area contributed by atoms with Crippen LogP contribution in [-0.4, -0.2) is 9.78 Å². The van der Waals surface area contributed by atoms with E-state index < -0.39 is 0 Å². The highest BCUT2D eigenvalue weighted by molar-refractivity contribution is 5.63. The maximum atomic E-state index is 14.0. The first-order chi connectivity index (χ1) is 10.3. The Balaban J connectivity index is 1.88. The van der Waals surface area contributed by atoms with E-state index in [4.69, 9.17) is 5.26 Å². The Hall–Kier alpha value is -2.15. The van der Waals surface area contributed by atoms with E-state index >= 15 is 0 Å². The standard InChI is InChI=1S/C17H18FN3/c18-17-7-6-13(8-9-19)10-16(17)14-11-20-21(12-14)15-4-2-1-3-5-15/h6-7,10-12,15H,1-5,8H2. The number of nitrogens with zero attached hydrogens (tertiary/aromatic N) is 3. The second-order valence-electron chi connectivity index (χ2n) is 5.65. The van der Waals surface area contributed by atoms with Gasteiger partial charge in [0.2, 0.25) is 0 Å². The van der Waals surface area contributed by atoms with E-state index in [-0.39, 0.29) is 5.82 Å². The van der Waals surface area contributed by atoms with Crippen molar-refractivity contribution < 1.29 is 4.39 Å². The molecule has 0 saturated heterocycles. The lowest BCUT2D eigenvalue weighted by molar-refractivity contribution is 0.329. The molecule has 1 heterocycles. The van der Waals surface area contributed by atoms with Crippen LogP contribution in [0.1, 0.15) is 43.7 Å². The van der Waals surface area contributed by atoms with Crippen LogP contribution in [0.3, 0.4) is 0 Å². The van der Waals surface area contributed by atoms with Gasteiger partial charge in [0.25, 0.3) is 0 Å². The molecule has 0 spiro atoms. The third kappa shape index (κ3) is 2.97. The molecule has 0 N–H and O–H groups in total. The Labute approximate surface area is 124 Å². The van der Waals surface area contributed by atoms with E-state index in [9.17, 15) is 4.39 Å². The summed E-state index contributed by atoms with van der Waals surface area (Å²) >= 11 is 0. The number of rotatable bonds is 3. The molecule has 4 heteroatoms. The van der Waals surface area contributed by atoms with Crippen molar-refractivity contribution in [1.29, 1.82) is 5.26 Å². The van der Waals surface area contributed by atoms with Crippen molar-refractivity contribution in [2.24, 2.45) is 0 Å².